The van der Waals surface area contributed by atoms with E-state index in [0.717, 1.165) is 31.9 Å². The van der Waals surface area contributed by atoms with Crippen molar-refractivity contribution >= 4 is 11.6 Å². The Balaban J connectivity index is 2.78. The third kappa shape index (κ3) is 3.12. The zero-order chi connectivity index (χ0) is 10.6. The van der Waals surface area contributed by atoms with Crippen molar-refractivity contribution in [2.75, 3.05) is 26.2 Å². The Hall–Kier alpha value is -0.870. The summed E-state index contributed by atoms with van der Waals surface area (Å²) in [6.45, 7) is 5.54. The summed E-state index contributed by atoms with van der Waals surface area (Å²) in [5, 5.41) is 3.56. The fraction of sp³-hybridized carbons (Fsp3) is 0.556. The highest BCUT2D eigenvalue weighted by atomic mass is 35.5. The number of hydrogen-bond acceptors (Lipinski definition) is 4. The highest BCUT2D eigenvalue weighted by Gasteiger charge is 2.13. The molecule has 1 heterocycles. The van der Waals surface area contributed by atoms with E-state index in [0.29, 0.717) is 10.9 Å². The van der Waals surface area contributed by atoms with Gasteiger partial charge >= 0.3 is 0 Å². The van der Waals surface area contributed by atoms with E-state index in [1.165, 1.54) is 0 Å². The summed E-state index contributed by atoms with van der Waals surface area (Å²) in [6, 6.07) is 0. The first-order valence-corrected chi connectivity index (χ1v) is 5.03. The minimum absolute atomic E-state index is 0.303. The van der Waals surface area contributed by atoms with E-state index in [4.69, 9.17) is 23.1 Å². The zero-order valence-electron chi connectivity index (χ0n) is 8.39. The standard InChI is InChI=1S/C9H17ClN4/c1-7(11)6-8(9(10)12)14-4-2-13-3-5-14/h6,13H,2-5,11-12H2,1H3/b7-6-,9-8+. The molecule has 0 aromatic heterocycles. The maximum atomic E-state index is 5.82. The molecule has 0 atom stereocenters. The van der Waals surface area contributed by atoms with Crippen LogP contribution in [0.3, 0.4) is 0 Å². The molecule has 14 heavy (non-hydrogen) atoms. The predicted molar refractivity (Wildman–Crippen MR) is 59.5 cm³/mol. The first-order chi connectivity index (χ1) is 6.61. The SMILES string of the molecule is C/C(N)=C/C(=C(\N)Cl)N1CCNCC1. The molecule has 0 aromatic carbocycles. The van der Waals surface area contributed by atoms with Crippen molar-refractivity contribution in [2.24, 2.45) is 11.5 Å². The molecule has 5 heteroatoms. The van der Waals surface area contributed by atoms with Crippen molar-refractivity contribution in [3.05, 3.63) is 22.6 Å². The van der Waals surface area contributed by atoms with Crippen molar-refractivity contribution in [3.63, 3.8) is 0 Å². The van der Waals surface area contributed by atoms with Gasteiger partial charge in [-0.2, -0.15) is 0 Å². The number of rotatable bonds is 2. The molecule has 1 rings (SSSR count). The van der Waals surface area contributed by atoms with Crippen molar-refractivity contribution in [3.8, 4) is 0 Å². The van der Waals surface area contributed by atoms with Crippen molar-refractivity contribution < 1.29 is 0 Å². The summed E-state index contributed by atoms with van der Waals surface area (Å²) in [4.78, 5) is 2.13. The molecule has 5 N–H and O–H groups in total. The number of nitrogens with one attached hydrogen (secondary N) is 1. The van der Waals surface area contributed by atoms with Gasteiger partial charge in [0.2, 0.25) is 0 Å². The maximum absolute atomic E-state index is 5.82. The van der Waals surface area contributed by atoms with Crippen LogP contribution < -0.4 is 16.8 Å². The van der Waals surface area contributed by atoms with Crippen LogP contribution in [-0.2, 0) is 0 Å². The normalized spacial score (nSPS) is 20.7. The summed E-state index contributed by atoms with van der Waals surface area (Å²) >= 11 is 5.82. The van der Waals surface area contributed by atoms with Gasteiger partial charge in [-0.25, -0.2) is 0 Å². The summed E-state index contributed by atoms with van der Waals surface area (Å²) in [5.74, 6) is 0. The predicted octanol–water partition coefficient (Wildman–Crippen LogP) is 0.121. The molecular weight excluding hydrogens is 200 g/mol. The van der Waals surface area contributed by atoms with Gasteiger partial charge in [-0.1, -0.05) is 11.6 Å². The molecule has 80 valence electrons. The van der Waals surface area contributed by atoms with Crippen molar-refractivity contribution in [1.82, 2.24) is 10.2 Å². The molecule has 0 aliphatic carbocycles. The van der Waals surface area contributed by atoms with Gasteiger partial charge in [0.1, 0.15) is 5.16 Å². The number of piperazine rings is 1. The second-order valence-corrected chi connectivity index (χ2v) is 3.77. The van der Waals surface area contributed by atoms with E-state index >= 15 is 0 Å². The van der Waals surface area contributed by atoms with Gasteiger partial charge < -0.3 is 21.7 Å². The molecule has 0 amide bonds. The zero-order valence-corrected chi connectivity index (χ0v) is 9.14. The fourth-order valence-corrected chi connectivity index (χ4v) is 1.61. The molecule has 1 aliphatic heterocycles. The van der Waals surface area contributed by atoms with Crippen molar-refractivity contribution in [1.29, 1.82) is 0 Å². The Morgan fingerprint density at radius 3 is 2.36 bits per heavy atom. The molecule has 0 spiro atoms. The van der Waals surface area contributed by atoms with E-state index in [-0.39, 0.29) is 0 Å². The molecule has 0 aromatic rings. The van der Waals surface area contributed by atoms with Crippen LogP contribution in [0.15, 0.2) is 22.6 Å². The number of nitrogens with zero attached hydrogens (tertiary/aromatic N) is 1. The van der Waals surface area contributed by atoms with Gasteiger partial charge in [-0.05, 0) is 13.0 Å². The maximum Gasteiger partial charge on any atom is 0.123 e. The molecule has 0 unspecified atom stereocenters. The lowest BCUT2D eigenvalue weighted by atomic mass is 10.2. The Bertz CT molecular complexity index is 246. The molecule has 4 nitrogen and oxygen atoms in total. The highest BCUT2D eigenvalue weighted by Crippen LogP contribution is 2.13. The Morgan fingerprint density at radius 1 is 1.36 bits per heavy atom. The second kappa shape index (κ2) is 5.12. The van der Waals surface area contributed by atoms with Crippen LogP contribution in [0.4, 0.5) is 0 Å². The van der Waals surface area contributed by atoms with E-state index in [1.807, 2.05) is 13.0 Å². The van der Waals surface area contributed by atoms with Gasteiger partial charge in [0.25, 0.3) is 0 Å². The average Bonchev–Trinajstić information content (AvgIpc) is 2.15. The van der Waals surface area contributed by atoms with Crippen molar-refractivity contribution in [2.45, 2.75) is 6.92 Å². The fourth-order valence-electron chi connectivity index (χ4n) is 1.43. The van der Waals surface area contributed by atoms with Crippen LogP contribution in [-0.4, -0.2) is 31.1 Å². The van der Waals surface area contributed by atoms with E-state index < -0.39 is 0 Å². The smallest absolute Gasteiger partial charge is 0.123 e. The molecule has 0 bridgehead atoms. The van der Waals surface area contributed by atoms with Crippen LogP contribution in [0.25, 0.3) is 0 Å². The average molecular weight is 217 g/mol. The summed E-state index contributed by atoms with van der Waals surface area (Å²) < 4.78 is 0. The minimum Gasteiger partial charge on any atom is -0.402 e. The number of hydrogen-bond donors (Lipinski definition) is 3. The summed E-state index contributed by atoms with van der Waals surface area (Å²) in [5.41, 5.74) is 12.7. The molecule has 0 saturated carbocycles. The third-order valence-corrected chi connectivity index (χ3v) is 2.26. The van der Waals surface area contributed by atoms with Gasteiger partial charge in [-0.15, -0.1) is 0 Å². The Kier molecular flexibility index (Phi) is 4.10. The van der Waals surface area contributed by atoms with Crippen LogP contribution in [0.2, 0.25) is 0 Å². The number of allylic oxidation sites excluding steroid dienone is 2. The Morgan fingerprint density at radius 2 is 1.93 bits per heavy atom. The van der Waals surface area contributed by atoms with Crippen LogP contribution in [0, 0.1) is 0 Å². The molecule has 0 radical (unpaired) electrons. The first-order valence-electron chi connectivity index (χ1n) is 4.66. The van der Waals surface area contributed by atoms with E-state index in [9.17, 15) is 0 Å². The third-order valence-electron chi connectivity index (χ3n) is 2.07. The van der Waals surface area contributed by atoms with Crippen LogP contribution >= 0.6 is 11.6 Å². The first kappa shape index (κ1) is 11.2. The molecule has 1 fully saturated rings. The van der Waals surface area contributed by atoms with Crippen LogP contribution in [0.1, 0.15) is 6.92 Å². The largest absolute Gasteiger partial charge is 0.402 e. The lowest BCUT2D eigenvalue weighted by molar-refractivity contribution is 0.306. The number of halogens is 1. The quantitative estimate of drug-likeness (QED) is 0.453. The molecule has 1 saturated heterocycles. The molecular formula is C9H17ClN4. The minimum atomic E-state index is 0.303. The second-order valence-electron chi connectivity index (χ2n) is 3.36. The van der Waals surface area contributed by atoms with E-state index in [1.54, 1.807) is 0 Å². The summed E-state index contributed by atoms with van der Waals surface area (Å²) in [7, 11) is 0. The van der Waals surface area contributed by atoms with Gasteiger partial charge in [0.05, 0.1) is 5.70 Å². The van der Waals surface area contributed by atoms with E-state index in [2.05, 4.69) is 10.2 Å². The summed E-state index contributed by atoms with van der Waals surface area (Å²) in [6.07, 6.45) is 1.81. The van der Waals surface area contributed by atoms with Gasteiger partial charge in [-0.3, -0.25) is 0 Å². The van der Waals surface area contributed by atoms with Gasteiger partial charge in [0, 0.05) is 31.9 Å². The molecule has 1 aliphatic rings. The number of nitrogens with two attached hydrogens (primary N) is 2. The lowest BCUT2D eigenvalue weighted by Gasteiger charge is -2.30. The topological polar surface area (TPSA) is 67.3 Å². The monoisotopic (exact) mass is 216 g/mol. The Labute approximate surface area is 89.6 Å². The van der Waals surface area contributed by atoms with Crippen LogP contribution in [0.5, 0.6) is 0 Å². The lowest BCUT2D eigenvalue weighted by Crippen LogP contribution is -2.43. The highest BCUT2D eigenvalue weighted by molar-refractivity contribution is 6.29. The van der Waals surface area contributed by atoms with Gasteiger partial charge in [0.15, 0.2) is 0 Å².